The molecule has 102 valence electrons. The van der Waals surface area contributed by atoms with E-state index in [4.69, 9.17) is 16.3 Å². The lowest BCUT2D eigenvalue weighted by atomic mass is 9.96. The molecule has 0 amide bonds. The van der Waals surface area contributed by atoms with Crippen LogP contribution in [0, 0.1) is 5.82 Å². The van der Waals surface area contributed by atoms with Gasteiger partial charge in [0.2, 0.25) is 0 Å². The quantitative estimate of drug-likeness (QED) is 0.748. The highest BCUT2D eigenvalue weighted by Gasteiger charge is 2.22. The molecule has 0 aromatic heterocycles. The van der Waals surface area contributed by atoms with Crippen LogP contribution in [-0.2, 0) is 11.2 Å². The van der Waals surface area contributed by atoms with Crippen LogP contribution in [0.1, 0.15) is 12.5 Å². The second kappa shape index (κ2) is 7.04. The fourth-order valence-corrected chi connectivity index (χ4v) is 1.88. The third kappa shape index (κ3) is 5.31. The molecule has 1 unspecified atom stereocenters. The molecule has 0 fully saturated rings. The summed E-state index contributed by atoms with van der Waals surface area (Å²) in [4.78, 5) is 0. The fraction of sp³-hybridized carbons (Fsp3) is 0.538. The largest absolute Gasteiger partial charge is 0.389 e. The molecule has 1 atom stereocenters. The van der Waals surface area contributed by atoms with Gasteiger partial charge >= 0.3 is 0 Å². The van der Waals surface area contributed by atoms with Crippen LogP contribution in [-0.4, -0.2) is 37.5 Å². The number of benzene rings is 1. The van der Waals surface area contributed by atoms with Crippen LogP contribution in [0.3, 0.4) is 0 Å². The van der Waals surface area contributed by atoms with Crippen molar-refractivity contribution in [1.82, 2.24) is 5.32 Å². The highest BCUT2D eigenvalue weighted by molar-refractivity contribution is 6.30. The van der Waals surface area contributed by atoms with Gasteiger partial charge in [0.15, 0.2) is 0 Å². The molecular weight excluding hydrogens is 257 g/mol. The molecule has 5 heteroatoms. The van der Waals surface area contributed by atoms with Gasteiger partial charge in [-0.1, -0.05) is 11.6 Å². The van der Waals surface area contributed by atoms with Crippen LogP contribution >= 0.6 is 11.6 Å². The summed E-state index contributed by atoms with van der Waals surface area (Å²) >= 11 is 5.81. The standard InChI is InChI=1S/C13H19ClFNO2/c1-13(17,9-16-5-6-18-2)8-10-7-11(14)3-4-12(10)15/h3-4,7,16-17H,5-6,8-9H2,1-2H3. The first-order valence-corrected chi connectivity index (χ1v) is 6.18. The summed E-state index contributed by atoms with van der Waals surface area (Å²) in [5, 5.41) is 13.7. The van der Waals surface area contributed by atoms with Gasteiger partial charge in [0, 0.05) is 31.6 Å². The SMILES string of the molecule is COCCNCC(C)(O)Cc1cc(Cl)ccc1F. The molecule has 0 spiro atoms. The van der Waals surface area contributed by atoms with Crippen molar-refractivity contribution in [3.8, 4) is 0 Å². The molecule has 0 bridgehead atoms. The Bertz CT molecular complexity index is 385. The molecule has 1 rings (SSSR count). The molecule has 0 aliphatic rings. The van der Waals surface area contributed by atoms with Crippen LogP contribution in [0.25, 0.3) is 0 Å². The van der Waals surface area contributed by atoms with E-state index in [0.29, 0.717) is 30.3 Å². The van der Waals surface area contributed by atoms with Crippen molar-refractivity contribution in [2.75, 3.05) is 26.8 Å². The second-order valence-corrected chi connectivity index (χ2v) is 5.02. The Labute approximate surface area is 112 Å². The molecule has 0 aliphatic carbocycles. The van der Waals surface area contributed by atoms with E-state index in [1.165, 1.54) is 12.1 Å². The zero-order valence-corrected chi connectivity index (χ0v) is 11.4. The molecule has 1 aromatic carbocycles. The molecule has 1 aromatic rings. The van der Waals surface area contributed by atoms with Gasteiger partial charge in [-0.2, -0.15) is 0 Å². The first kappa shape index (κ1) is 15.4. The summed E-state index contributed by atoms with van der Waals surface area (Å²) in [6.45, 7) is 3.24. The zero-order chi connectivity index (χ0) is 13.6. The normalized spacial score (nSPS) is 14.5. The Morgan fingerprint density at radius 1 is 1.50 bits per heavy atom. The summed E-state index contributed by atoms with van der Waals surface area (Å²) in [6.07, 6.45) is 0.208. The third-order valence-electron chi connectivity index (χ3n) is 2.57. The molecule has 0 aliphatic heterocycles. The minimum atomic E-state index is -1.03. The summed E-state index contributed by atoms with van der Waals surface area (Å²) in [6, 6.07) is 4.35. The highest BCUT2D eigenvalue weighted by atomic mass is 35.5. The Morgan fingerprint density at radius 3 is 2.89 bits per heavy atom. The van der Waals surface area contributed by atoms with Crippen molar-refractivity contribution in [3.63, 3.8) is 0 Å². The van der Waals surface area contributed by atoms with Crippen molar-refractivity contribution in [2.45, 2.75) is 18.9 Å². The summed E-state index contributed by atoms with van der Waals surface area (Å²) in [7, 11) is 1.61. The number of hydrogen-bond acceptors (Lipinski definition) is 3. The van der Waals surface area contributed by atoms with Gasteiger partial charge in [-0.05, 0) is 30.7 Å². The van der Waals surface area contributed by atoms with Gasteiger partial charge in [0.25, 0.3) is 0 Å². The number of methoxy groups -OCH3 is 1. The average Bonchev–Trinajstić information content (AvgIpc) is 2.29. The van der Waals surface area contributed by atoms with Crippen LogP contribution in [0.15, 0.2) is 18.2 Å². The van der Waals surface area contributed by atoms with Crippen LogP contribution in [0.4, 0.5) is 4.39 Å². The van der Waals surface area contributed by atoms with E-state index in [9.17, 15) is 9.50 Å². The van der Waals surface area contributed by atoms with Gasteiger partial charge in [0.1, 0.15) is 5.82 Å². The van der Waals surface area contributed by atoms with Crippen LogP contribution < -0.4 is 5.32 Å². The summed E-state index contributed by atoms with van der Waals surface area (Å²) < 4.78 is 18.4. The maximum Gasteiger partial charge on any atom is 0.126 e. The summed E-state index contributed by atoms with van der Waals surface area (Å²) in [5.41, 5.74) is -0.611. The van der Waals surface area contributed by atoms with Crippen molar-refractivity contribution in [3.05, 3.63) is 34.6 Å². The minimum absolute atomic E-state index is 0.208. The smallest absolute Gasteiger partial charge is 0.126 e. The fourth-order valence-electron chi connectivity index (χ4n) is 1.68. The number of rotatable bonds is 7. The van der Waals surface area contributed by atoms with Crippen molar-refractivity contribution < 1.29 is 14.2 Å². The lowest BCUT2D eigenvalue weighted by Crippen LogP contribution is -2.41. The predicted molar refractivity (Wildman–Crippen MR) is 70.5 cm³/mol. The number of aliphatic hydroxyl groups is 1. The van der Waals surface area contributed by atoms with E-state index >= 15 is 0 Å². The Hall–Kier alpha value is -0.680. The van der Waals surface area contributed by atoms with E-state index in [0.717, 1.165) is 0 Å². The first-order valence-electron chi connectivity index (χ1n) is 5.80. The topological polar surface area (TPSA) is 41.5 Å². The number of nitrogens with one attached hydrogen (secondary N) is 1. The van der Waals surface area contributed by atoms with Crippen LogP contribution in [0.2, 0.25) is 5.02 Å². The molecule has 3 nitrogen and oxygen atoms in total. The van der Waals surface area contributed by atoms with Gasteiger partial charge in [-0.25, -0.2) is 4.39 Å². The first-order chi connectivity index (χ1) is 8.44. The molecule has 0 radical (unpaired) electrons. The van der Waals surface area contributed by atoms with Crippen molar-refractivity contribution in [1.29, 1.82) is 0 Å². The molecule has 2 N–H and O–H groups in total. The van der Waals surface area contributed by atoms with Crippen molar-refractivity contribution in [2.24, 2.45) is 0 Å². The zero-order valence-electron chi connectivity index (χ0n) is 10.7. The molecule has 0 saturated carbocycles. The molecule has 0 heterocycles. The van der Waals surface area contributed by atoms with E-state index < -0.39 is 5.60 Å². The second-order valence-electron chi connectivity index (χ2n) is 4.58. The predicted octanol–water partition coefficient (Wildman–Crippen LogP) is 2.01. The minimum Gasteiger partial charge on any atom is -0.389 e. The van der Waals surface area contributed by atoms with Gasteiger partial charge in [-0.15, -0.1) is 0 Å². The molecule has 0 saturated heterocycles. The van der Waals surface area contributed by atoms with Gasteiger partial charge in [-0.3, -0.25) is 0 Å². The number of ether oxygens (including phenoxy) is 1. The molecule has 18 heavy (non-hydrogen) atoms. The van der Waals surface area contributed by atoms with Crippen molar-refractivity contribution >= 4 is 11.6 Å². The lowest BCUT2D eigenvalue weighted by Gasteiger charge is -2.24. The third-order valence-corrected chi connectivity index (χ3v) is 2.80. The van der Waals surface area contributed by atoms with E-state index in [2.05, 4.69) is 5.32 Å². The van der Waals surface area contributed by atoms with Gasteiger partial charge in [0.05, 0.1) is 12.2 Å². The maximum atomic E-state index is 13.5. The maximum absolute atomic E-state index is 13.5. The van der Waals surface area contributed by atoms with E-state index in [-0.39, 0.29) is 12.2 Å². The Morgan fingerprint density at radius 2 is 2.22 bits per heavy atom. The Kier molecular flexibility index (Phi) is 6.02. The summed E-state index contributed by atoms with van der Waals surface area (Å²) in [5.74, 6) is -0.350. The van der Waals surface area contributed by atoms with E-state index in [1.54, 1.807) is 20.1 Å². The van der Waals surface area contributed by atoms with E-state index in [1.807, 2.05) is 0 Å². The van der Waals surface area contributed by atoms with Gasteiger partial charge < -0.3 is 15.2 Å². The lowest BCUT2D eigenvalue weighted by molar-refractivity contribution is 0.0573. The molecular formula is C13H19ClFNO2. The monoisotopic (exact) mass is 275 g/mol. The average molecular weight is 276 g/mol. The Balaban J connectivity index is 2.55. The van der Waals surface area contributed by atoms with Crippen LogP contribution in [0.5, 0.6) is 0 Å². The number of halogens is 2. The highest BCUT2D eigenvalue weighted by Crippen LogP contribution is 2.19. The number of hydrogen-bond donors (Lipinski definition) is 2.